The van der Waals surface area contributed by atoms with Crippen LogP contribution in [0, 0.1) is 11.6 Å². The molecule has 98 valence electrons. The summed E-state index contributed by atoms with van der Waals surface area (Å²) in [4.78, 5) is 23.3. The Labute approximate surface area is 103 Å². The fourth-order valence-corrected chi connectivity index (χ4v) is 1.48. The highest BCUT2D eigenvalue weighted by atomic mass is 19.1. The third-order valence-electron chi connectivity index (χ3n) is 2.42. The molecule has 0 saturated carbocycles. The van der Waals surface area contributed by atoms with E-state index in [1.165, 1.54) is 6.07 Å². The highest BCUT2D eigenvalue weighted by Crippen LogP contribution is 2.11. The van der Waals surface area contributed by atoms with Crippen LogP contribution >= 0.6 is 0 Å². The number of carboxylic acids is 1. The van der Waals surface area contributed by atoms with E-state index in [9.17, 15) is 18.4 Å². The van der Waals surface area contributed by atoms with Crippen molar-refractivity contribution in [3.8, 4) is 0 Å². The number of aliphatic carboxylic acids is 1. The highest BCUT2D eigenvalue weighted by Gasteiger charge is 2.17. The molecule has 0 radical (unpaired) electrons. The Morgan fingerprint density at radius 1 is 1.33 bits per heavy atom. The molecule has 1 N–H and O–H groups in total. The minimum atomic E-state index is -1.13. The molecule has 0 aliphatic carbocycles. The molecule has 0 saturated heterocycles. The lowest BCUT2D eigenvalue weighted by Crippen LogP contribution is -2.36. The number of carbonyl (C=O) groups is 2. The van der Waals surface area contributed by atoms with Crippen LogP contribution in [-0.2, 0) is 16.0 Å². The van der Waals surface area contributed by atoms with Crippen molar-refractivity contribution in [2.24, 2.45) is 0 Å². The quantitative estimate of drug-likeness (QED) is 0.868. The largest absolute Gasteiger partial charge is 0.480 e. The van der Waals surface area contributed by atoms with Gasteiger partial charge in [-0.25, -0.2) is 8.78 Å². The molecule has 1 amide bonds. The van der Waals surface area contributed by atoms with Crippen LogP contribution < -0.4 is 0 Å². The summed E-state index contributed by atoms with van der Waals surface area (Å²) >= 11 is 0. The third-order valence-corrected chi connectivity index (χ3v) is 2.42. The van der Waals surface area contributed by atoms with Crippen LogP contribution in [-0.4, -0.2) is 35.0 Å². The second-order valence-corrected chi connectivity index (χ2v) is 3.71. The van der Waals surface area contributed by atoms with E-state index < -0.39 is 30.1 Å². The van der Waals surface area contributed by atoms with Crippen LogP contribution in [0.15, 0.2) is 18.2 Å². The Balaban J connectivity index is 2.76. The number of hydrogen-bond acceptors (Lipinski definition) is 2. The molecular weight excluding hydrogens is 244 g/mol. The smallest absolute Gasteiger partial charge is 0.323 e. The Morgan fingerprint density at radius 3 is 2.50 bits per heavy atom. The number of rotatable bonds is 5. The predicted octanol–water partition coefficient (Wildman–Crippen LogP) is 1.44. The lowest BCUT2D eigenvalue weighted by atomic mass is 10.1. The van der Waals surface area contributed by atoms with Gasteiger partial charge in [-0.3, -0.25) is 9.59 Å². The van der Waals surface area contributed by atoms with Gasteiger partial charge in [-0.15, -0.1) is 0 Å². The summed E-state index contributed by atoms with van der Waals surface area (Å²) in [6.07, 6.45) is -0.284. The minimum Gasteiger partial charge on any atom is -0.480 e. The van der Waals surface area contributed by atoms with Crippen molar-refractivity contribution in [3.05, 3.63) is 35.4 Å². The molecule has 0 fully saturated rings. The first-order valence-electron chi connectivity index (χ1n) is 5.37. The van der Waals surface area contributed by atoms with Gasteiger partial charge in [-0.2, -0.15) is 0 Å². The normalized spacial score (nSPS) is 10.2. The van der Waals surface area contributed by atoms with Crippen molar-refractivity contribution in [3.63, 3.8) is 0 Å². The first kappa shape index (κ1) is 14.1. The first-order chi connectivity index (χ1) is 8.43. The van der Waals surface area contributed by atoms with Crippen molar-refractivity contribution in [1.82, 2.24) is 4.90 Å². The average Bonchev–Trinajstić information content (AvgIpc) is 2.29. The number of halogens is 2. The van der Waals surface area contributed by atoms with Crippen LogP contribution in [0.5, 0.6) is 0 Å². The molecule has 0 aliphatic heterocycles. The summed E-state index contributed by atoms with van der Waals surface area (Å²) in [7, 11) is 0. The SMILES string of the molecule is CCN(CC(=O)O)C(=O)Cc1ccc(F)cc1F. The second-order valence-electron chi connectivity index (χ2n) is 3.71. The van der Waals surface area contributed by atoms with E-state index in [4.69, 9.17) is 5.11 Å². The molecule has 6 heteroatoms. The van der Waals surface area contributed by atoms with Gasteiger partial charge in [0, 0.05) is 12.6 Å². The first-order valence-corrected chi connectivity index (χ1v) is 5.37. The molecule has 4 nitrogen and oxygen atoms in total. The molecule has 1 aromatic carbocycles. The highest BCUT2D eigenvalue weighted by molar-refractivity contribution is 5.83. The zero-order valence-electron chi connectivity index (χ0n) is 9.82. The Kier molecular flexibility index (Phi) is 4.76. The number of carboxylic acid groups (broad SMARTS) is 1. The molecule has 18 heavy (non-hydrogen) atoms. The number of hydrogen-bond donors (Lipinski definition) is 1. The Bertz CT molecular complexity index is 463. The van der Waals surface area contributed by atoms with Crippen molar-refractivity contribution >= 4 is 11.9 Å². The van der Waals surface area contributed by atoms with Gasteiger partial charge in [-0.1, -0.05) is 6.07 Å². The summed E-state index contributed by atoms with van der Waals surface area (Å²) < 4.78 is 26.0. The van der Waals surface area contributed by atoms with Gasteiger partial charge in [0.1, 0.15) is 18.2 Å². The molecule has 0 unspecified atom stereocenters. The maximum absolute atomic E-state index is 13.3. The van der Waals surface area contributed by atoms with Crippen LogP contribution in [0.2, 0.25) is 0 Å². The Hall–Kier alpha value is -1.98. The number of benzene rings is 1. The van der Waals surface area contributed by atoms with E-state index in [2.05, 4.69) is 0 Å². The number of likely N-dealkylation sites (N-methyl/N-ethyl adjacent to an activating group) is 1. The maximum Gasteiger partial charge on any atom is 0.323 e. The van der Waals surface area contributed by atoms with Crippen LogP contribution in [0.25, 0.3) is 0 Å². The second kappa shape index (κ2) is 6.09. The zero-order valence-corrected chi connectivity index (χ0v) is 9.82. The predicted molar refractivity (Wildman–Crippen MR) is 60.0 cm³/mol. The van der Waals surface area contributed by atoms with E-state index >= 15 is 0 Å². The van der Waals surface area contributed by atoms with E-state index in [1.807, 2.05) is 0 Å². The van der Waals surface area contributed by atoms with E-state index in [0.717, 1.165) is 11.0 Å². The number of carbonyl (C=O) groups excluding carboxylic acids is 1. The van der Waals surface area contributed by atoms with E-state index in [0.29, 0.717) is 6.07 Å². The molecule has 0 atom stereocenters. The molecule has 1 aromatic rings. The molecule has 0 aromatic heterocycles. The van der Waals surface area contributed by atoms with Crippen LogP contribution in [0.4, 0.5) is 8.78 Å². The lowest BCUT2D eigenvalue weighted by Gasteiger charge is -2.18. The summed E-state index contributed by atoms with van der Waals surface area (Å²) in [5.74, 6) is -3.17. The topological polar surface area (TPSA) is 57.6 Å². The molecular formula is C12H13F2NO3. The molecule has 0 spiro atoms. The molecule has 0 heterocycles. The van der Waals surface area contributed by atoms with Gasteiger partial charge in [0.2, 0.25) is 5.91 Å². The zero-order chi connectivity index (χ0) is 13.7. The minimum absolute atomic E-state index is 0.0465. The van der Waals surface area contributed by atoms with Crippen LogP contribution in [0.1, 0.15) is 12.5 Å². The van der Waals surface area contributed by atoms with Crippen molar-refractivity contribution in [1.29, 1.82) is 0 Å². The number of amides is 1. The lowest BCUT2D eigenvalue weighted by molar-refractivity contribution is -0.144. The van der Waals surface area contributed by atoms with Crippen molar-refractivity contribution < 1.29 is 23.5 Å². The summed E-state index contributed by atoms with van der Waals surface area (Å²) in [5.41, 5.74) is 0.0465. The third kappa shape index (κ3) is 3.80. The fourth-order valence-electron chi connectivity index (χ4n) is 1.48. The van der Waals surface area contributed by atoms with Gasteiger partial charge in [-0.05, 0) is 18.6 Å². The standard InChI is InChI=1S/C12H13F2NO3/c1-2-15(7-12(17)18)11(16)5-8-3-4-9(13)6-10(8)14/h3-4,6H,2,5,7H2,1H3,(H,17,18). The van der Waals surface area contributed by atoms with Gasteiger partial charge in [0.25, 0.3) is 0 Å². The summed E-state index contributed by atoms with van der Waals surface area (Å²) in [6, 6.07) is 2.92. The van der Waals surface area contributed by atoms with Gasteiger partial charge >= 0.3 is 5.97 Å². The molecule has 0 bridgehead atoms. The van der Waals surface area contributed by atoms with Gasteiger partial charge < -0.3 is 10.0 Å². The van der Waals surface area contributed by atoms with Crippen molar-refractivity contribution in [2.45, 2.75) is 13.3 Å². The van der Waals surface area contributed by atoms with Gasteiger partial charge in [0.15, 0.2) is 0 Å². The van der Waals surface area contributed by atoms with Crippen molar-refractivity contribution in [2.75, 3.05) is 13.1 Å². The average molecular weight is 257 g/mol. The molecule has 0 aliphatic rings. The summed E-state index contributed by atoms with van der Waals surface area (Å²) in [6.45, 7) is 1.41. The Morgan fingerprint density at radius 2 is 2.00 bits per heavy atom. The van der Waals surface area contributed by atoms with E-state index in [1.54, 1.807) is 6.92 Å². The van der Waals surface area contributed by atoms with Crippen LogP contribution in [0.3, 0.4) is 0 Å². The summed E-state index contributed by atoms with van der Waals surface area (Å²) in [5, 5.41) is 8.60. The maximum atomic E-state index is 13.3. The monoisotopic (exact) mass is 257 g/mol. The fraction of sp³-hybridized carbons (Fsp3) is 0.333. The van der Waals surface area contributed by atoms with E-state index in [-0.39, 0.29) is 18.5 Å². The number of nitrogens with zero attached hydrogens (tertiary/aromatic N) is 1. The van der Waals surface area contributed by atoms with Gasteiger partial charge in [0.05, 0.1) is 6.42 Å². The molecule has 1 rings (SSSR count).